The zero-order chi connectivity index (χ0) is 30.5. The SMILES string of the molecule is CCOC(=O)c1cc(C)cc(Oc2nc(S(C)(=O)=O)nc(OC(Cc3ccc(S(=O)[O-])cc3)C(=O)O)c2[N+](=O)[O-])c1. The van der Waals surface area contributed by atoms with Crippen LogP contribution in [0.1, 0.15) is 28.4 Å². The van der Waals surface area contributed by atoms with Gasteiger partial charge in [-0.2, -0.15) is 9.97 Å². The van der Waals surface area contributed by atoms with Gasteiger partial charge in [-0.15, -0.1) is 0 Å². The second-order valence-electron chi connectivity index (χ2n) is 8.38. The Hall–Kier alpha value is -4.48. The maximum Gasteiger partial charge on any atom is 0.392 e. The van der Waals surface area contributed by atoms with Crippen molar-refractivity contribution < 1.29 is 51.0 Å². The summed E-state index contributed by atoms with van der Waals surface area (Å²) >= 11 is -2.52. The standard InChI is InChI=1S/C24H23N3O12S2/c1-4-37-23(30)15-9-13(2)10-16(12-15)38-20-19(27(31)32)21(26-24(25-20)41(3,35)36)39-18(22(28)29)11-14-5-7-17(8-6-14)40(33)34/h5-10,12,18H,4,11H2,1-3H3,(H,28,29)(H,33,34)/p-1. The van der Waals surface area contributed by atoms with Crippen LogP contribution in [0.3, 0.4) is 0 Å². The summed E-state index contributed by atoms with van der Waals surface area (Å²) < 4.78 is 62.6. The zero-order valence-corrected chi connectivity index (χ0v) is 23.3. The van der Waals surface area contributed by atoms with Gasteiger partial charge in [0.15, 0.2) is 0 Å². The van der Waals surface area contributed by atoms with Gasteiger partial charge >= 0.3 is 29.4 Å². The van der Waals surface area contributed by atoms with Crippen molar-refractivity contribution in [2.75, 3.05) is 12.9 Å². The third-order valence-electron chi connectivity index (χ3n) is 5.16. The number of carbonyl (C=O) groups is 2. The van der Waals surface area contributed by atoms with Gasteiger partial charge in [-0.05, 0) is 66.4 Å². The third kappa shape index (κ3) is 8.03. The molecule has 0 aliphatic heterocycles. The number of aliphatic carboxylic acids is 1. The Bertz CT molecular complexity index is 1630. The third-order valence-corrected chi connectivity index (χ3v) is 6.66. The van der Waals surface area contributed by atoms with Crippen LogP contribution in [0.5, 0.6) is 17.5 Å². The molecule has 17 heteroatoms. The fourth-order valence-electron chi connectivity index (χ4n) is 3.39. The molecule has 2 atom stereocenters. The van der Waals surface area contributed by atoms with Crippen LogP contribution in [0.4, 0.5) is 5.69 Å². The molecule has 0 saturated heterocycles. The molecule has 15 nitrogen and oxygen atoms in total. The van der Waals surface area contributed by atoms with Crippen molar-refractivity contribution in [3.8, 4) is 17.5 Å². The molecule has 3 rings (SSSR count). The molecule has 2 unspecified atom stereocenters. The number of ether oxygens (including phenoxy) is 3. The highest BCUT2D eigenvalue weighted by molar-refractivity contribution is 7.90. The van der Waals surface area contributed by atoms with Gasteiger partial charge < -0.3 is 23.9 Å². The highest BCUT2D eigenvalue weighted by Crippen LogP contribution is 2.38. The van der Waals surface area contributed by atoms with Gasteiger partial charge in [0.05, 0.1) is 17.1 Å². The second kappa shape index (κ2) is 12.8. The number of rotatable bonds is 12. The molecule has 3 aromatic rings. The maximum absolute atomic E-state index is 12.3. The zero-order valence-electron chi connectivity index (χ0n) is 21.6. The number of carboxylic acid groups (broad SMARTS) is 1. The van der Waals surface area contributed by atoms with Crippen molar-refractivity contribution in [2.24, 2.45) is 0 Å². The minimum atomic E-state index is -4.23. The summed E-state index contributed by atoms with van der Waals surface area (Å²) in [4.78, 5) is 42.4. The molecule has 1 N–H and O–H groups in total. The smallest absolute Gasteiger partial charge is 0.392 e. The highest BCUT2D eigenvalue weighted by Gasteiger charge is 2.34. The van der Waals surface area contributed by atoms with Gasteiger partial charge in [-0.25, -0.2) is 18.0 Å². The summed E-state index contributed by atoms with van der Waals surface area (Å²) in [6.07, 6.45) is -1.53. The molecule has 1 heterocycles. The topological polar surface area (TPSA) is 225 Å². The lowest BCUT2D eigenvalue weighted by Gasteiger charge is -2.16. The van der Waals surface area contributed by atoms with E-state index in [2.05, 4.69) is 9.97 Å². The van der Waals surface area contributed by atoms with E-state index in [1.807, 2.05) is 0 Å². The number of carboxylic acids is 1. The van der Waals surface area contributed by atoms with Crippen LogP contribution in [-0.4, -0.2) is 68.1 Å². The van der Waals surface area contributed by atoms with Crippen molar-refractivity contribution >= 4 is 38.5 Å². The number of nitro groups is 1. The molecule has 0 aliphatic rings. The summed E-state index contributed by atoms with van der Waals surface area (Å²) in [5, 5.41) is 20.8. The highest BCUT2D eigenvalue weighted by atomic mass is 32.2. The molecule has 2 aromatic carbocycles. The summed E-state index contributed by atoms with van der Waals surface area (Å²) in [5.41, 5.74) is -0.273. The molecule has 0 bridgehead atoms. The van der Waals surface area contributed by atoms with E-state index in [9.17, 15) is 42.0 Å². The first-order chi connectivity index (χ1) is 19.2. The first-order valence-corrected chi connectivity index (χ1v) is 14.5. The Kier molecular flexibility index (Phi) is 9.69. The Labute approximate surface area is 235 Å². The van der Waals surface area contributed by atoms with Gasteiger partial charge in [0.25, 0.3) is 5.16 Å². The Morgan fingerprint density at radius 3 is 2.29 bits per heavy atom. The summed E-state index contributed by atoms with van der Waals surface area (Å²) in [6, 6.07) is 9.09. The molecule has 0 aliphatic carbocycles. The van der Waals surface area contributed by atoms with Gasteiger partial charge in [-0.1, -0.05) is 12.1 Å². The van der Waals surface area contributed by atoms with Crippen LogP contribution >= 0.6 is 0 Å². The monoisotopic (exact) mass is 608 g/mol. The predicted molar refractivity (Wildman–Crippen MR) is 138 cm³/mol. The predicted octanol–water partition coefficient (Wildman–Crippen LogP) is 2.38. The van der Waals surface area contributed by atoms with Crippen LogP contribution < -0.4 is 9.47 Å². The quantitative estimate of drug-likeness (QED) is 0.102. The molecule has 1 aromatic heterocycles. The minimum absolute atomic E-state index is 0.0381. The summed E-state index contributed by atoms with van der Waals surface area (Å²) in [5.74, 6) is -4.35. The van der Waals surface area contributed by atoms with Crippen LogP contribution in [-0.2, 0) is 36.9 Å². The van der Waals surface area contributed by atoms with Crippen LogP contribution in [0.15, 0.2) is 52.5 Å². The van der Waals surface area contributed by atoms with Crippen molar-refractivity contribution in [3.63, 3.8) is 0 Å². The van der Waals surface area contributed by atoms with E-state index in [0.29, 0.717) is 11.8 Å². The Morgan fingerprint density at radius 1 is 1.12 bits per heavy atom. The summed E-state index contributed by atoms with van der Waals surface area (Å²) in [7, 11) is -4.23. The van der Waals surface area contributed by atoms with Gasteiger partial charge in [0.1, 0.15) is 5.75 Å². The number of hydrogen-bond acceptors (Lipinski definition) is 13. The average Bonchev–Trinajstić information content (AvgIpc) is 2.87. The van der Waals surface area contributed by atoms with Crippen molar-refractivity contribution in [3.05, 3.63) is 69.3 Å². The number of nitrogens with zero attached hydrogens (tertiary/aromatic N) is 3. The lowest BCUT2D eigenvalue weighted by Crippen LogP contribution is -2.30. The number of aryl methyl sites for hydroxylation is 1. The first-order valence-electron chi connectivity index (χ1n) is 11.5. The first kappa shape index (κ1) is 31.1. The lowest BCUT2D eigenvalue weighted by atomic mass is 10.1. The van der Waals surface area contributed by atoms with Crippen LogP contribution in [0.25, 0.3) is 0 Å². The largest absolute Gasteiger partial charge is 0.768 e. The van der Waals surface area contributed by atoms with Gasteiger partial charge in [0, 0.05) is 17.6 Å². The second-order valence-corrected chi connectivity index (χ2v) is 11.2. The minimum Gasteiger partial charge on any atom is -0.768 e. The Morgan fingerprint density at radius 2 is 1.76 bits per heavy atom. The fourth-order valence-corrected chi connectivity index (χ4v) is 4.24. The number of aromatic nitrogens is 2. The van der Waals surface area contributed by atoms with Gasteiger partial charge in [0.2, 0.25) is 15.9 Å². The van der Waals surface area contributed by atoms with Crippen molar-refractivity contribution in [2.45, 2.75) is 36.4 Å². The molecular formula is C24H22N3O12S2-. The summed E-state index contributed by atoms with van der Waals surface area (Å²) in [6.45, 7) is 3.27. The van der Waals surface area contributed by atoms with Crippen LogP contribution in [0, 0.1) is 17.0 Å². The van der Waals surface area contributed by atoms with Crippen molar-refractivity contribution in [1.82, 2.24) is 9.97 Å². The number of carbonyl (C=O) groups excluding carboxylic acids is 1. The molecule has 41 heavy (non-hydrogen) atoms. The molecule has 0 radical (unpaired) electrons. The molecule has 0 fully saturated rings. The van der Waals surface area contributed by atoms with E-state index in [1.165, 1.54) is 42.5 Å². The van der Waals surface area contributed by atoms with Crippen molar-refractivity contribution in [1.29, 1.82) is 0 Å². The molecule has 218 valence electrons. The molecule has 0 spiro atoms. The number of esters is 1. The lowest BCUT2D eigenvalue weighted by molar-refractivity contribution is -0.387. The molecule has 0 amide bonds. The Balaban J connectivity index is 2.10. The number of sulfone groups is 1. The van der Waals surface area contributed by atoms with E-state index in [4.69, 9.17) is 14.2 Å². The number of benzene rings is 2. The molecule has 0 saturated carbocycles. The van der Waals surface area contributed by atoms with E-state index in [0.717, 1.165) is 0 Å². The van der Waals surface area contributed by atoms with E-state index in [1.54, 1.807) is 13.8 Å². The fraction of sp³-hybridized carbons (Fsp3) is 0.250. The van der Waals surface area contributed by atoms with Crippen LogP contribution in [0.2, 0.25) is 0 Å². The average molecular weight is 609 g/mol. The van der Waals surface area contributed by atoms with Gasteiger partial charge in [-0.3, -0.25) is 14.3 Å². The normalized spacial score (nSPS) is 12.7. The van der Waals surface area contributed by atoms with E-state index >= 15 is 0 Å². The number of hydrogen-bond donors (Lipinski definition) is 1. The van der Waals surface area contributed by atoms with E-state index in [-0.39, 0.29) is 28.4 Å². The maximum atomic E-state index is 12.3. The van der Waals surface area contributed by atoms with E-state index < -0.39 is 72.9 Å². The molecular weight excluding hydrogens is 586 g/mol.